The van der Waals surface area contributed by atoms with Crippen molar-refractivity contribution in [3.63, 3.8) is 0 Å². The van der Waals surface area contributed by atoms with Crippen LogP contribution in [0.3, 0.4) is 0 Å². The monoisotopic (exact) mass is 298 g/mol. The van der Waals surface area contributed by atoms with Crippen LogP contribution in [0.25, 0.3) is 0 Å². The highest BCUT2D eigenvalue weighted by atomic mass is 79.9. The Bertz CT molecular complexity index is 388. The third-order valence-electron chi connectivity index (χ3n) is 3.44. The molecule has 0 heterocycles. The minimum Gasteiger partial charge on any atom is -0.294 e. The Morgan fingerprint density at radius 2 is 1.82 bits per heavy atom. The summed E-state index contributed by atoms with van der Waals surface area (Å²) in [6.45, 7) is 0. The molecule has 0 aromatic heterocycles. The van der Waals surface area contributed by atoms with E-state index in [1.54, 1.807) is 12.1 Å². The predicted octanol–water partition coefficient (Wildman–Crippen LogP) is 4.74. The summed E-state index contributed by atoms with van der Waals surface area (Å²) < 4.78 is 14.3. The van der Waals surface area contributed by atoms with Crippen molar-refractivity contribution in [3.05, 3.63) is 34.1 Å². The van der Waals surface area contributed by atoms with Crippen LogP contribution in [0.1, 0.15) is 48.9 Å². The first-order chi connectivity index (χ1) is 8.20. The van der Waals surface area contributed by atoms with Gasteiger partial charge in [0.15, 0.2) is 5.78 Å². The van der Waals surface area contributed by atoms with Gasteiger partial charge in [-0.2, -0.15) is 0 Å². The number of ketones is 1. The standard InChI is InChI=1S/C14H16BrFO/c15-11-8-5-9-12(16)13(11)14(17)10-6-3-1-2-4-7-10/h5,8-10H,1-4,6-7H2. The van der Waals surface area contributed by atoms with Gasteiger partial charge in [-0.05, 0) is 40.9 Å². The minimum absolute atomic E-state index is 0.00528. The number of benzene rings is 1. The molecule has 17 heavy (non-hydrogen) atoms. The molecule has 2 rings (SSSR count). The van der Waals surface area contributed by atoms with Crippen LogP contribution in [0.4, 0.5) is 4.39 Å². The summed E-state index contributed by atoms with van der Waals surface area (Å²) >= 11 is 3.27. The zero-order chi connectivity index (χ0) is 12.3. The van der Waals surface area contributed by atoms with Gasteiger partial charge in [-0.15, -0.1) is 0 Å². The molecule has 1 aliphatic carbocycles. The average Bonchev–Trinajstić information content (AvgIpc) is 2.57. The van der Waals surface area contributed by atoms with Gasteiger partial charge in [0.2, 0.25) is 0 Å². The Morgan fingerprint density at radius 3 is 2.41 bits per heavy atom. The lowest BCUT2D eigenvalue weighted by Gasteiger charge is -2.14. The van der Waals surface area contributed by atoms with Crippen LogP contribution in [0.15, 0.2) is 22.7 Å². The molecular formula is C14H16BrFO. The molecule has 0 amide bonds. The van der Waals surface area contributed by atoms with Gasteiger partial charge in [0, 0.05) is 10.4 Å². The summed E-state index contributed by atoms with van der Waals surface area (Å²) in [4.78, 5) is 12.3. The normalized spacial score (nSPS) is 17.8. The quantitative estimate of drug-likeness (QED) is 0.569. The van der Waals surface area contributed by atoms with Crippen molar-refractivity contribution in [2.75, 3.05) is 0 Å². The lowest BCUT2D eigenvalue weighted by Crippen LogP contribution is -2.16. The highest BCUT2D eigenvalue weighted by molar-refractivity contribution is 9.10. The summed E-state index contributed by atoms with van der Waals surface area (Å²) in [5, 5.41) is 0. The maximum Gasteiger partial charge on any atom is 0.170 e. The number of halogens is 2. The minimum atomic E-state index is -0.409. The fourth-order valence-corrected chi connectivity index (χ4v) is 3.02. The fraction of sp³-hybridized carbons (Fsp3) is 0.500. The van der Waals surface area contributed by atoms with Gasteiger partial charge in [0.1, 0.15) is 5.82 Å². The largest absolute Gasteiger partial charge is 0.294 e. The molecule has 1 aliphatic rings. The van der Waals surface area contributed by atoms with Crippen molar-refractivity contribution >= 4 is 21.7 Å². The van der Waals surface area contributed by atoms with Gasteiger partial charge in [-0.1, -0.05) is 31.7 Å². The summed E-state index contributed by atoms with van der Waals surface area (Å²) in [7, 11) is 0. The summed E-state index contributed by atoms with van der Waals surface area (Å²) in [6, 6.07) is 4.70. The smallest absolute Gasteiger partial charge is 0.170 e. The second kappa shape index (κ2) is 5.76. The molecule has 0 bridgehead atoms. The topological polar surface area (TPSA) is 17.1 Å². The maximum atomic E-state index is 13.7. The predicted molar refractivity (Wildman–Crippen MR) is 69.6 cm³/mol. The lowest BCUT2D eigenvalue weighted by molar-refractivity contribution is 0.0903. The molecule has 1 aromatic rings. The second-order valence-corrected chi connectivity index (χ2v) is 5.50. The van der Waals surface area contributed by atoms with Gasteiger partial charge < -0.3 is 0 Å². The Hall–Kier alpha value is -0.700. The number of rotatable bonds is 2. The number of carbonyl (C=O) groups is 1. The van der Waals surface area contributed by atoms with Gasteiger partial charge in [0.25, 0.3) is 0 Å². The van der Waals surface area contributed by atoms with Crippen molar-refractivity contribution in [1.29, 1.82) is 0 Å². The average molecular weight is 299 g/mol. The van der Waals surface area contributed by atoms with Crippen molar-refractivity contribution in [1.82, 2.24) is 0 Å². The Morgan fingerprint density at radius 1 is 1.18 bits per heavy atom. The van der Waals surface area contributed by atoms with Crippen LogP contribution >= 0.6 is 15.9 Å². The van der Waals surface area contributed by atoms with Crippen molar-refractivity contribution in [3.8, 4) is 0 Å². The van der Waals surface area contributed by atoms with E-state index in [1.165, 1.54) is 18.9 Å². The van der Waals surface area contributed by atoms with E-state index >= 15 is 0 Å². The van der Waals surface area contributed by atoms with Gasteiger partial charge in [-0.3, -0.25) is 4.79 Å². The van der Waals surface area contributed by atoms with E-state index in [0.29, 0.717) is 4.47 Å². The Balaban J connectivity index is 2.23. The van der Waals surface area contributed by atoms with Crippen molar-refractivity contribution in [2.24, 2.45) is 5.92 Å². The molecule has 0 aliphatic heterocycles. The van der Waals surface area contributed by atoms with Gasteiger partial charge in [0.05, 0.1) is 5.56 Å². The number of hydrogen-bond acceptors (Lipinski definition) is 1. The first-order valence-electron chi connectivity index (χ1n) is 6.18. The molecule has 1 nitrogen and oxygen atoms in total. The summed E-state index contributed by atoms with van der Waals surface area (Å²) in [5.41, 5.74) is 0.236. The molecule has 1 saturated carbocycles. The molecule has 1 fully saturated rings. The van der Waals surface area contributed by atoms with E-state index in [9.17, 15) is 9.18 Å². The van der Waals surface area contributed by atoms with Crippen LogP contribution in [0.5, 0.6) is 0 Å². The van der Waals surface area contributed by atoms with Gasteiger partial charge in [-0.25, -0.2) is 4.39 Å². The van der Waals surface area contributed by atoms with Gasteiger partial charge >= 0.3 is 0 Å². The van der Waals surface area contributed by atoms with E-state index in [-0.39, 0.29) is 17.3 Å². The van der Waals surface area contributed by atoms with E-state index in [2.05, 4.69) is 15.9 Å². The second-order valence-electron chi connectivity index (χ2n) is 4.65. The molecule has 3 heteroatoms. The van der Waals surface area contributed by atoms with E-state index in [0.717, 1.165) is 25.7 Å². The Kier molecular flexibility index (Phi) is 4.32. The van der Waals surface area contributed by atoms with Crippen molar-refractivity contribution in [2.45, 2.75) is 38.5 Å². The lowest BCUT2D eigenvalue weighted by atomic mass is 9.91. The number of Topliss-reactive ketones (excluding diaryl/α,β-unsaturated/α-hetero) is 1. The SMILES string of the molecule is O=C(c1c(F)cccc1Br)C1CCCCCC1. The molecular weight excluding hydrogens is 283 g/mol. The summed E-state index contributed by atoms with van der Waals surface area (Å²) in [5.74, 6) is -0.434. The molecule has 0 atom stereocenters. The first-order valence-corrected chi connectivity index (χ1v) is 6.97. The first kappa shape index (κ1) is 12.7. The van der Waals surface area contributed by atoms with E-state index in [4.69, 9.17) is 0 Å². The van der Waals surface area contributed by atoms with Crippen LogP contribution in [-0.4, -0.2) is 5.78 Å². The zero-order valence-electron chi connectivity index (χ0n) is 9.72. The van der Waals surface area contributed by atoms with Crippen molar-refractivity contribution < 1.29 is 9.18 Å². The molecule has 0 saturated heterocycles. The van der Waals surface area contributed by atoms with E-state index in [1.807, 2.05) is 0 Å². The third kappa shape index (κ3) is 2.95. The van der Waals surface area contributed by atoms with E-state index < -0.39 is 5.82 Å². The Labute approximate surface area is 110 Å². The molecule has 1 aromatic carbocycles. The van der Waals surface area contributed by atoms with Crippen LogP contribution in [-0.2, 0) is 0 Å². The zero-order valence-corrected chi connectivity index (χ0v) is 11.3. The third-order valence-corrected chi connectivity index (χ3v) is 4.10. The molecule has 0 unspecified atom stereocenters. The highest BCUT2D eigenvalue weighted by Crippen LogP contribution is 2.29. The highest BCUT2D eigenvalue weighted by Gasteiger charge is 2.25. The molecule has 0 spiro atoms. The van der Waals surface area contributed by atoms with Crippen LogP contribution < -0.4 is 0 Å². The summed E-state index contributed by atoms with van der Waals surface area (Å²) in [6.07, 6.45) is 6.37. The number of carbonyl (C=O) groups excluding carboxylic acids is 1. The number of hydrogen-bond donors (Lipinski definition) is 0. The van der Waals surface area contributed by atoms with Crippen LogP contribution in [0, 0.1) is 11.7 Å². The van der Waals surface area contributed by atoms with Crippen LogP contribution in [0.2, 0.25) is 0 Å². The maximum absolute atomic E-state index is 13.7. The fourth-order valence-electron chi connectivity index (χ4n) is 2.48. The molecule has 0 radical (unpaired) electrons. The molecule has 92 valence electrons. The molecule has 0 N–H and O–H groups in total.